The molecule has 0 aromatic carbocycles. The van der Waals surface area contributed by atoms with Crippen LogP contribution in [0.4, 0.5) is 0 Å². The van der Waals surface area contributed by atoms with E-state index in [0.717, 1.165) is 49.4 Å². The summed E-state index contributed by atoms with van der Waals surface area (Å²) in [4.78, 5) is 0. The molecule has 0 amide bonds. The number of hydrogen-bond donors (Lipinski definition) is 6. The third kappa shape index (κ3) is 8.39. The maximum atomic E-state index is 10.9. The van der Waals surface area contributed by atoms with E-state index in [-0.39, 0.29) is 35.3 Å². The molecule has 0 saturated heterocycles. The third-order valence-corrected chi connectivity index (χ3v) is 13.7. The van der Waals surface area contributed by atoms with Gasteiger partial charge in [0.1, 0.15) is 0 Å². The summed E-state index contributed by atoms with van der Waals surface area (Å²) in [5.74, 6) is 0.461. The minimum atomic E-state index is -2.31. The summed E-state index contributed by atoms with van der Waals surface area (Å²) in [5.41, 5.74) is 0.811. The van der Waals surface area contributed by atoms with Crippen molar-refractivity contribution >= 4 is 8.32 Å². The quantitative estimate of drug-likeness (QED) is 0.0765. The standard InChI is InChI=1S/C35H59N3O7Si/c1-33(2,3)36-27(39)21-24(30(36)42)15-11-12-18-46(45-10,19-13-16-25-22-28(40)37(31(25)43)34(4,5)6)20-14-17-26-23-29(41)38(32(26)44)35(7,8)9/h21-23,39-44H,11-20H2,1-10H3. The summed E-state index contributed by atoms with van der Waals surface area (Å²) in [6, 6.07) is 7.57. The van der Waals surface area contributed by atoms with Crippen LogP contribution < -0.4 is 0 Å². The Kier molecular flexibility index (Phi) is 11.3. The van der Waals surface area contributed by atoms with Crippen molar-refractivity contribution in [1.29, 1.82) is 0 Å². The smallest absolute Gasteiger partial charge is 0.197 e. The molecular formula is C35H59N3O7Si. The van der Waals surface area contributed by atoms with Crippen molar-refractivity contribution in [2.75, 3.05) is 7.11 Å². The van der Waals surface area contributed by atoms with Gasteiger partial charge in [-0.2, -0.15) is 0 Å². The number of nitrogens with zero attached hydrogens (tertiary/aromatic N) is 3. The zero-order valence-electron chi connectivity index (χ0n) is 29.7. The van der Waals surface area contributed by atoms with E-state index in [1.54, 1.807) is 39.0 Å². The van der Waals surface area contributed by atoms with Gasteiger partial charge in [-0.3, -0.25) is 13.7 Å². The van der Waals surface area contributed by atoms with Crippen LogP contribution in [-0.4, -0.2) is 59.8 Å². The molecule has 3 rings (SSSR count). The highest BCUT2D eigenvalue weighted by Gasteiger charge is 2.34. The number of hydrogen-bond acceptors (Lipinski definition) is 7. The molecular weight excluding hydrogens is 602 g/mol. The normalized spacial score (nSPS) is 13.2. The van der Waals surface area contributed by atoms with Crippen molar-refractivity contribution in [2.45, 2.75) is 142 Å². The van der Waals surface area contributed by atoms with Crippen LogP contribution in [0.2, 0.25) is 18.1 Å². The largest absolute Gasteiger partial charge is 0.494 e. The Morgan fingerprint density at radius 3 is 1.04 bits per heavy atom. The first-order chi connectivity index (χ1) is 21.1. The molecule has 3 aromatic rings. The van der Waals surface area contributed by atoms with Crippen LogP contribution in [0, 0.1) is 0 Å². The highest BCUT2D eigenvalue weighted by atomic mass is 28.4. The molecule has 0 bridgehead atoms. The van der Waals surface area contributed by atoms with Crippen molar-refractivity contribution in [1.82, 2.24) is 13.7 Å². The number of unbranched alkanes of at least 4 members (excludes halogenated alkanes) is 1. The summed E-state index contributed by atoms with van der Waals surface area (Å²) < 4.78 is 11.0. The first-order valence-electron chi connectivity index (χ1n) is 16.6. The molecule has 46 heavy (non-hydrogen) atoms. The summed E-state index contributed by atoms with van der Waals surface area (Å²) >= 11 is 0. The molecule has 3 heterocycles. The Morgan fingerprint density at radius 2 is 0.783 bits per heavy atom. The second kappa shape index (κ2) is 13.9. The molecule has 3 aromatic heterocycles. The SMILES string of the molecule is CO[Si](CCCCc1cc(O)n(C(C)(C)C)c1O)(CCCc1cc(O)n(C(C)(C)C)c1O)CCCc1cc(O)n(C(C)(C)C)c1O. The zero-order valence-corrected chi connectivity index (χ0v) is 30.7. The lowest BCUT2D eigenvalue weighted by molar-refractivity contribution is 0.282. The van der Waals surface area contributed by atoms with E-state index >= 15 is 0 Å². The Balaban J connectivity index is 1.74. The lowest BCUT2D eigenvalue weighted by Crippen LogP contribution is -2.37. The molecule has 0 unspecified atom stereocenters. The van der Waals surface area contributed by atoms with Gasteiger partial charge in [-0.05, 0) is 119 Å². The number of aromatic nitrogens is 3. The summed E-state index contributed by atoms with van der Waals surface area (Å²) in [6.07, 6.45) is 5.14. The Bertz CT molecular complexity index is 1390. The first kappa shape index (κ1) is 37.3. The summed E-state index contributed by atoms with van der Waals surface area (Å²) in [5, 5.41) is 64.0. The average Bonchev–Trinajstić information content (AvgIpc) is 3.48. The number of aromatic hydroxyl groups is 6. The van der Waals surface area contributed by atoms with Gasteiger partial charge in [0, 0.05) is 58.6 Å². The molecule has 10 nitrogen and oxygen atoms in total. The first-order valence-corrected chi connectivity index (χ1v) is 19.1. The lowest BCUT2D eigenvalue weighted by Gasteiger charge is -2.30. The molecule has 0 radical (unpaired) electrons. The predicted octanol–water partition coefficient (Wildman–Crippen LogP) is 7.77. The maximum absolute atomic E-state index is 10.9. The van der Waals surface area contributed by atoms with Crippen LogP contribution in [0.1, 0.15) is 105 Å². The van der Waals surface area contributed by atoms with Crippen LogP contribution in [0.15, 0.2) is 18.2 Å². The van der Waals surface area contributed by atoms with Gasteiger partial charge in [-0.25, -0.2) is 0 Å². The van der Waals surface area contributed by atoms with Gasteiger partial charge in [0.05, 0.1) is 0 Å². The van der Waals surface area contributed by atoms with Crippen molar-refractivity contribution in [3.63, 3.8) is 0 Å². The van der Waals surface area contributed by atoms with E-state index in [9.17, 15) is 30.6 Å². The highest BCUT2D eigenvalue weighted by Crippen LogP contribution is 2.39. The van der Waals surface area contributed by atoms with Crippen LogP contribution in [0.3, 0.4) is 0 Å². The second-order valence-electron chi connectivity index (χ2n) is 15.9. The van der Waals surface area contributed by atoms with Gasteiger partial charge in [0.15, 0.2) is 43.6 Å². The third-order valence-electron chi connectivity index (χ3n) is 9.03. The van der Waals surface area contributed by atoms with E-state index in [1.807, 2.05) is 62.3 Å². The molecule has 11 heteroatoms. The minimum absolute atomic E-state index is 0.0510. The van der Waals surface area contributed by atoms with Gasteiger partial charge in [-0.1, -0.05) is 6.42 Å². The Morgan fingerprint density at radius 1 is 0.500 bits per heavy atom. The summed E-state index contributed by atoms with van der Waals surface area (Å²) in [7, 11) is -0.515. The molecule has 0 aliphatic rings. The van der Waals surface area contributed by atoms with Crippen LogP contribution in [0.25, 0.3) is 0 Å². The van der Waals surface area contributed by atoms with Crippen molar-refractivity contribution in [3.05, 3.63) is 34.9 Å². The lowest BCUT2D eigenvalue weighted by atomic mass is 10.1. The monoisotopic (exact) mass is 661 g/mol. The molecule has 260 valence electrons. The fraction of sp³-hybridized carbons (Fsp3) is 0.657. The summed E-state index contributed by atoms with van der Waals surface area (Å²) in [6.45, 7) is 17.4. The maximum Gasteiger partial charge on any atom is 0.197 e. The molecule has 0 saturated carbocycles. The molecule has 0 aliphatic carbocycles. The van der Waals surface area contributed by atoms with Crippen molar-refractivity contribution in [3.8, 4) is 35.3 Å². The molecule has 0 atom stereocenters. The number of aryl methyl sites for hydroxylation is 3. The zero-order chi connectivity index (χ0) is 34.8. The van der Waals surface area contributed by atoms with Crippen LogP contribution >= 0.6 is 0 Å². The fourth-order valence-corrected chi connectivity index (χ4v) is 10.7. The molecule has 6 N–H and O–H groups in total. The second-order valence-corrected chi connectivity index (χ2v) is 20.1. The van der Waals surface area contributed by atoms with E-state index in [2.05, 4.69) is 0 Å². The molecule has 0 aliphatic heterocycles. The fourth-order valence-electron chi connectivity index (χ4n) is 6.79. The number of rotatable bonds is 14. The van der Waals surface area contributed by atoms with Crippen LogP contribution in [0.5, 0.6) is 35.3 Å². The van der Waals surface area contributed by atoms with Gasteiger partial charge < -0.3 is 35.1 Å². The van der Waals surface area contributed by atoms with E-state index in [1.165, 1.54) is 0 Å². The Labute approximate surface area is 276 Å². The van der Waals surface area contributed by atoms with Crippen LogP contribution in [-0.2, 0) is 40.3 Å². The van der Waals surface area contributed by atoms with Crippen molar-refractivity contribution in [2.24, 2.45) is 0 Å². The highest BCUT2D eigenvalue weighted by molar-refractivity contribution is 6.73. The van der Waals surface area contributed by atoms with Crippen molar-refractivity contribution < 1.29 is 35.1 Å². The Hall–Kier alpha value is -3.18. The van der Waals surface area contributed by atoms with Gasteiger partial charge in [0.25, 0.3) is 0 Å². The van der Waals surface area contributed by atoms with Gasteiger partial charge >= 0.3 is 0 Å². The molecule has 0 spiro atoms. The van der Waals surface area contributed by atoms with E-state index in [0.29, 0.717) is 30.4 Å². The van der Waals surface area contributed by atoms with Gasteiger partial charge in [-0.15, -0.1) is 0 Å². The average molecular weight is 662 g/mol. The predicted molar refractivity (Wildman–Crippen MR) is 185 cm³/mol. The molecule has 0 fully saturated rings. The van der Waals surface area contributed by atoms with E-state index in [4.69, 9.17) is 4.43 Å². The topological polar surface area (TPSA) is 145 Å². The van der Waals surface area contributed by atoms with Gasteiger partial charge in [0.2, 0.25) is 0 Å². The minimum Gasteiger partial charge on any atom is -0.494 e. The van der Waals surface area contributed by atoms with E-state index < -0.39 is 24.9 Å².